The van der Waals surface area contributed by atoms with Gasteiger partial charge in [0.15, 0.2) is 0 Å². The number of allylic oxidation sites excluding steroid dienone is 4. The third-order valence-electron chi connectivity index (χ3n) is 4.91. The van der Waals surface area contributed by atoms with Crippen molar-refractivity contribution in [1.29, 1.82) is 0 Å². The SMILES string of the molecule is O=C(Nc1ccc(Cl)cc1)C1[C@H]2CC/C=C/CC/C=C\CC[C@@H]12. The standard InChI is InChI=1S/C20H24ClNO/c21-15-11-13-16(14-12-15)22-20(23)19-17-9-7-5-3-1-2-4-6-8-10-18(17)19/h3-6,11-14,17-19H,1-2,7-10H2,(H,22,23)/b5-3-,6-4+/t17-,18+,19?/m1/s1. The molecule has 1 saturated carbocycles. The first kappa shape index (κ1) is 16.3. The van der Waals surface area contributed by atoms with Gasteiger partial charge in [-0.2, -0.15) is 0 Å². The predicted molar refractivity (Wildman–Crippen MR) is 96.5 cm³/mol. The van der Waals surface area contributed by atoms with E-state index in [1.54, 1.807) is 0 Å². The molecule has 0 radical (unpaired) electrons. The van der Waals surface area contributed by atoms with Crippen molar-refractivity contribution in [3.8, 4) is 0 Å². The molecule has 1 aromatic rings. The number of amides is 1. The molecule has 1 fully saturated rings. The summed E-state index contributed by atoms with van der Waals surface area (Å²) in [5.41, 5.74) is 0.835. The lowest BCUT2D eigenvalue weighted by molar-refractivity contribution is -0.117. The van der Waals surface area contributed by atoms with Gasteiger partial charge in [-0.1, -0.05) is 35.9 Å². The van der Waals surface area contributed by atoms with E-state index < -0.39 is 0 Å². The normalized spacial score (nSPS) is 30.2. The molecule has 2 nitrogen and oxygen atoms in total. The fraction of sp³-hybridized carbons (Fsp3) is 0.450. The molecule has 1 N–H and O–H groups in total. The van der Waals surface area contributed by atoms with E-state index in [2.05, 4.69) is 29.6 Å². The second kappa shape index (κ2) is 7.83. The summed E-state index contributed by atoms with van der Waals surface area (Å²) in [6.45, 7) is 0. The van der Waals surface area contributed by atoms with E-state index in [1.807, 2.05) is 24.3 Å². The minimum absolute atomic E-state index is 0.171. The van der Waals surface area contributed by atoms with Gasteiger partial charge in [0.1, 0.15) is 0 Å². The molecule has 0 aliphatic heterocycles. The molecule has 0 spiro atoms. The van der Waals surface area contributed by atoms with Gasteiger partial charge < -0.3 is 5.32 Å². The fourth-order valence-electron chi connectivity index (χ4n) is 3.62. The van der Waals surface area contributed by atoms with Gasteiger partial charge in [-0.3, -0.25) is 4.79 Å². The second-order valence-electron chi connectivity index (χ2n) is 6.52. The number of hydrogen-bond acceptors (Lipinski definition) is 1. The van der Waals surface area contributed by atoms with Crippen molar-refractivity contribution < 1.29 is 4.79 Å². The monoisotopic (exact) mass is 329 g/mol. The summed E-state index contributed by atoms with van der Waals surface area (Å²) in [6, 6.07) is 7.34. The average molecular weight is 330 g/mol. The number of anilines is 1. The third kappa shape index (κ3) is 4.48. The molecule has 2 aliphatic carbocycles. The van der Waals surface area contributed by atoms with Crippen LogP contribution in [0.25, 0.3) is 0 Å². The Morgan fingerprint density at radius 3 is 1.96 bits per heavy atom. The van der Waals surface area contributed by atoms with E-state index in [0.717, 1.165) is 44.2 Å². The van der Waals surface area contributed by atoms with Crippen LogP contribution in [0.5, 0.6) is 0 Å². The number of nitrogens with one attached hydrogen (secondary N) is 1. The first-order chi connectivity index (χ1) is 11.3. The molecule has 0 aromatic heterocycles. The highest BCUT2D eigenvalue weighted by Gasteiger charge is 2.52. The van der Waals surface area contributed by atoms with E-state index in [-0.39, 0.29) is 11.8 Å². The molecule has 0 saturated heterocycles. The first-order valence-electron chi connectivity index (χ1n) is 8.62. The summed E-state index contributed by atoms with van der Waals surface area (Å²) >= 11 is 5.89. The van der Waals surface area contributed by atoms with Crippen LogP contribution in [0, 0.1) is 17.8 Å². The smallest absolute Gasteiger partial charge is 0.228 e. The van der Waals surface area contributed by atoms with Crippen LogP contribution in [0.2, 0.25) is 5.02 Å². The Labute approximate surface area is 143 Å². The Morgan fingerprint density at radius 2 is 1.39 bits per heavy atom. The van der Waals surface area contributed by atoms with Crippen LogP contribution in [-0.2, 0) is 4.79 Å². The van der Waals surface area contributed by atoms with Crippen LogP contribution in [0.1, 0.15) is 38.5 Å². The Bertz CT molecular complexity index is 566. The molecular formula is C20H24ClNO. The van der Waals surface area contributed by atoms with Gasteiger partial charge in [0.25, 0.3) is 0 Å². The van der Waals surface area contributed by atoms with Crippen LogP contribution >= 0.6 is 11.6 Å². The number of benzene rings is 1. The van der Waals surface area contributed by atoms with Crippen LogP contribution < -0.4 is 5.32 Å². The molecule has 2 aliphatic rings. The van der Waals surface area contributed by atoms with Gasteiger partial charge in [-0.25, -0.2) is 0 Å². The Morgan fingerprint density at radius 1 is 0.870 bits per heavy atom. The van der Waals surface area contributed by atoms with Crippen molar-refractivity contribution in [3.63, 3.8) is 0 Å². The highest BCUT2D eigenvalue weighted by Crippen LogP contribution is 2.52. The van der Waals surface area contributed by atoms with Gasteiger partial charge in [0.05, 0.1) is 0 Å². The second-order valence-corrected chi connectivity index (χ2v) is 6.96. The highest BCUT2D eigenvalue weighted by atomic mass is 35.5. The molecule has 3 atom stereocenters. The zero-order valence-electron chi connectivity index (χ0n) is 13.4. The lowest BCUT2D eigenvalue weighted by Gasteiger charge is -2.05. The Kier molecular flexibility index (Phi) is 5.56. The molecule has 1 aromatic carbocycles. The maximum atomic E-state index is 12.6. The van der Waals surface area contributed by atoms with Crippen LogP contribution in [0.15, 0.2) is 48.6 Å². The van der Waals surface area contributed by atoms with Crippen molar-refractivity contribution in [2.45, 2.75) is 38.5 Å². The molecule has 0 bridgehead atoms. The zero-order chi connectivity index (χ0) is 16.1. The lowest BCUT2D eigenvalue weighted by atomic mass is 10.1. The van der Waals surface area contributed by atoms with Gasteiger partial charge in [0.2, 0.25) is 5.91 Å². The molecule has 3 rings (SSSR count). The summed E-state index contributed by atoms with van der Waals surface area (Å²) in [5, 5.41) is 3.74. The van der Waals surface area contributed by atoms with E-state index in [1.165, 1.54) is 0 Å². The minimum atomic E-state index is 0.171. The van der Waals surface area contributed by atoms with Crippen molar-refractivity contribution in [2.75, 3.05) is 5.32 Å². The van der Waals surface area contributed by atoms with Gasteiger partial charge in [-0.15, -0.1) is 0 Å². The van der Waals surface area contributed by atoms with Gasteiger partial charge >= 0.3 is 0 Å². The Hall–Kier alpha value is -1.54. The summed E-state index contributed by atoms with van der Waals surface area (Å²) < 4.78 is 0. The molecule has 3 heteroatoms. The topological polar surface area (TPSA) is 29.1 Å². The van der Waals surface area contributed by atoms with E-state index in [4.69, 9.17) is 11.6 Å². The van der Waals surface area contributed by atoms with E-state index in [0.29, 0.717) is 16.9 Å². The van der Waals surface area contributed by atoms with E-state index in [9.17, 15) is 4.79 Å². The van der Waals surface area contributed by atoms with Crippen molar-refractivity contribution in [1.82, 2.24) is 0 Å². The number of halogens is 1. The van der Waals surface area contributed by atoms with Crippen molar-refractivity contribution in [2.24, 2.45) is 17.8 Å². The first-order valence-corrected chi connectivity index (χ1v) is 9.00. The fourth-order valence-corrected chi connectivity index (χ4v) is 3.75. The highest BCUT2D eigenvalue weighted by molar-refractivity contribution is 6.30. The largest absolute Gasteiger partial charge is 0.326 e. The third-order valence-corrected chi connectivity index (χ3v) is 5.16. The predicted octanol–water partition coefficient (Wildman–Crippen LogP) is 5.61. The molecule has 1 unspecified atom stereocenters. The average Bonchev–Trinajstić information content (AvgIpc) is 3.22. The lowest BCUT2D eigenvalue weighted by Crippen LogP contribution is -2.15. The summed E-state index contributed by atoms with van der Waals surface area (Å²) in [5.74, 6) is 1.43. The molecular weight excluding hydrogens is 306 g/mol. The number of carbonyl (C=O) groups is 1. The maximum Gasteiger partial charge on any atom is 0.228 e. The van der Waals surface area contributed by atoms with Crippen LogP contribution in [0.3, 0.4) is 0 Å². The number of fused-ring (bicyclic) bond motifs is 1. The summed E-state index contributed by atoms with van der Waals surface area (Å²) in [7, 11) is 0. The number of hydrogen-bond donors (Lipinski definition) is 1. The van der Waals surface area contributed by atoms with Gasteiger partial charge in [-0.05, 0) is 74.6 Å². The zero-order valence-corrected chi connectivity index (χ0v) is 14.1. The van der Waals surface area contributed by atoms with E-state index >= 15 is 0 Å². The van der Waals surface area contributed by atoms with Crippen LogP contribution in [-0.4, -0.2) is 5.91 Å². The van der Waals surface area contributed by atoms with Crippen molar-refractivity contribution >= 4 is 23.2 Å². The van der Waals surface area contributed by atoms with Crippen LogP contribution in [0.4, 0.5) is 5.69 Å². The summed E-state index contributed by atoms with van der Waals surface area (Å²) in [6.07, 6.45) is 15.8. The molecule has 122 valence electrons. The Balaban J connectivity index is 1.60. The van der Waals surface area contributed by atoms with Crippen molar-refractivity contribution in [3.05, 3.63) is 53.6 Å². The maximum absolute atomic E-state index is 12.6. The molecule has 23 heavy (non-hydrogen) atoms. The number of rotatable bonds is 2. The molecule has 1 amide bonds. The quantitative estimate of drug-likeness (QED) is 0.702. The summed E-state index contributed by atoms with van der Waals surface area (Å²) in [4.78, 5) is 12.6. The van der Waals surface area contributed by atoms with Gasteiger partial charge in [0, 0.05) is 16.6 Å². The number of carbonyl (C=O) groups excluding carboxylic acids is 1. The molecule has 0 heterocycles. The minimum Gasteiger partial charge on any atom is -0.326 e.